The minimum atomic E-state index is -1.64. The predicted octanol–water partition coefficient (Wildman–Crippen LogP) is 2.60. The molecule has 0 radical (unpaired) electrons. The topological polar surface area (TPSA) is 17.1 Å². The molecule has 0 heterocycles. The zero-order valence-corrected chi connectivity index (χ0v) is 9.09. The lowest BCUT2D eigenvalue weighted by Gasteiger charge is -1.86. The Bertz CT molecular complexity index is 82.2. The van der Waals surface area contributed by atoms with E-state index in [1.54, 1.807) is 20.0 Å². The van der Waals surface area contributed by atoms with Crippen molar-refractivity contribution in [2.45, 2.75) is 0 Å². The molecule has 0 aliphatic heterocycles. The number of hydrogen-bond donors (Lipinski definition) is 0. The molecule has 58 valence electrons. The molecule has 0 unspecified atom stereocenters. The third-order valence-corrected chi connectivity index (χ3v) is 0. The van der Waals surface area contributed by atoms with Gasteiger partial charge in [0.1, 0.15) is 0 Å². The fraction of sp³-hybridized carbons (Fsp3) is 1.00. The molecule has 0 spiro atoms. The summed E-state index contributed by atoms with van der Waals surface area (Å²) in [5.41, 5.74) is 0. The maximum atomic E-state index is 10.2. The van der Waals surface area contributed by atoms with Gasteiger partial charge in [0, 0.05) is 0 Å². The Morgan fingerprint density at radius 2 is 1.00 bits per heavy atom. The molecule has 0 aromatic heterocycles. The molecule has 0 N–H and O–H groups in total. The molecule has 0 amide bonds. The van der Waals surface area contributed by atoms with Crippen LogP contribution in [0.2, 0.25) is 0 Å². The van der Waals surface area contributed by atoms with Crippen LogP contribution in [0.3, 0.4) is 0 Å². The van der Waals surface area contributed by atoms with Gasteiger partial charge in [-0.25, -0.2) is 0 Å². The number of rotatable bonds is 0. The Kier molecular flexibility index (Phi) is 7.47. The van der Waals surface area contributed by atoms with Crippen LogP contribution in [0.1, 0.15) is 0 Å². The van der Waals surface area contributed by atoms with Crippen molar-refractivity contribution in [1.82, 2.24) is 0 Å². The zero-order chi connectivity index (χ0) is 8.08. The van der Waals surface area contributed by atoms with E-state index < -0.39 is 7.14 Å². The minimum absolute atomic E-state index is 0.380. The zero-order valence-electron chi connectivity index (χ0n) is 7.30. The van der Waals surface area contributed by atoms with Crippen LogP contribution in [0.15, 0.2) is 0 Å². The van der Waals surface area contributed by atoms with Gasteiger partial charge in [-0.2, -0.15) is 0 Å². The van der Waals surface area contributed by atoms with E-state index in [1.807, 2.05) is 0 Å². The van der Waals surface area contributed by atoms with E-state index in [9.17, 15) is 4.57 Å². The normalized spacial score (nSPS) is 10.6. The fourth-order valence-corrected chi connectivity index (χ4v) is 0. The van der Waals surface area contributed by atoms with Crippen molar-refractivity contribution in [2.24, 2.45) is 0 Å². The average molecular weight is 168 g/mol. The lowest BCUT2D eigenvalue weighted by atomic mass is 11.9. The van der Waals surface area contributed by atoms with E-state index in [-0.39, 0.29) is 0 Å². The maximum absolute atomic E-state index is 10.2. The molecule has 0 saturated heterocycles. The monoisotopic (exact) mass is 168 g/mol. The van der Waals surface area contributed by atoms with Gasteiger partial charge >= 0.3 is 0 Å². The molecule has 0 atom stereocenters. The van der Waals surface area contributed by atoms with Crippen molar-refractivity contribution in [1.29, 1.82) is 0 Å². The van der Waals surface area contributed by atoms with Gasteiger partial charge in [0.15, 0.2) is 0 Å². The highest BCUT2D eigenvalue weighted by Gasteiger charge is 1.89. The van der Waals surface area contributed by atoms with Crippen LogP contribution in [-0.4, -0.2) is 40.0 Å². The second kappa shape index (κ2) is 5.45. The third kappa shape index (κ3) is 882. The van der Waals surface area contributed by atoms with E-state index in [0.717, 1.165) is 0 Å². The Morgan fingerprint density at radius 3 is 1.00 bits per heavy atom. The van der Waals surface area contributed by atoms with E-state index in [2.05, 4.69) is 20.0 Å². The summed E-state index contributed by atoms with van der Waals surface area (Å²) in [6.45, 7) is 11.9. The van der Waals surface area contributed by atoms with Crippen LogP contribution in [0.4, 0.5) is 0 Å². The predicted molar refractivity (Wildman–Crippen MR) is 50.1 cm³/mol. The summed E-state index contributed by atoms with van der Waals surface area (Å²) < 4.78 is 10.2. The van der Waals surface area contributed by atoms with Gasteiger partial charge in [-0.15, -0.1) is 7.92 Å². The lowest BCUT2D eigenvalue weighted by molar-refractivity contribution is 0.586. The van der Waals surface area contributed by atoms with Crippen molar-refractivity contribution >= 4 is 15.1 Å². The number of hydrogen-bond acceptors (Lipinski definition) is 1. The van der Waals surface area contributed by atoms with Crippen molar-refractivity contribution in [3.8, 4) is 0 Å². The van der Waals surface area contributed by atoms with E-state index in [4.69, 9.17) is 0 Å². The standard InChI is InChI=1S/C3H9OP.C3H9P/c1-5(2,3)4;1-4(2)3/h1-3H3;1-3H3. The Balaban J connectivity index is 0. The molecule has 0 aliphatic rings. The van der Waals surface area contributed by atoms with Gasteiger partial charge in [0.05, 0.1) is 7.14 Å². The molecule has 0 bridgehead atoms. The smallest absolute Gasteiger partial charge is 0.0790 e. The quantitative estimate of drug-likeness (QED) is 0.508. The van der Waals surface area contributed by atoms with Crippen LogP contribution < -0.4 is 0 Å². The SMILES string of the molecule is CP(C)(C)=O.CP(C)C. The van der Waals surface area contributed by atoms with Crippen molar-refractivity contribution in [2.75, 3.05) is 40.0 Å². The minimum Gasteiger partial charge on any atom is -0.324 e. The first kappa shape index (κ1) is 12.3. The molecule has 9 heavy (non-hydrogen) atoms. The molecule has 0 saturated carbocycles. The first-order chi connectivity index (χ1) is 3.73. The largest absolute Gasteiger partial charge is 0.324 e. The van der Waals surface area contributed by atoms with Gasteiger partial charge in [-0.1, -0.05) is 0 Å². The highest BCUT2D eigenvalue weighted by atomic mass is 31.2. The Hall–Kier alpha value is 0.660. The summed E-state index contributed by atoms with van der Waals surface area (Å²) in [5, 5.41) is 0. The second-order valence-electron chi connectivity index (χ2n) is 3.23. The summed E-state index contributed by atoms with van der Waals surface area (Å²) in [4.78, 5) is 0. The van der Waals surface area contributed by atoms with Gasteiger partial charge < -0.3 is 4.57 Å². The molecule has 3 heteroatoms. The molecular weight excluding hydrogens is 150 g/mol. The van der Waals surface area contributed by atoms with Gasteiger partial charge in [0.2, 0.25) is 0 Å². The third-order valence-electron chi connectivity index (χ3n) is 0. The molecule has 0 aliphatic carbocycles. The maximum Gasteiger partial charge on any atom is 0.0790 e. The first-order valence-corrected chi connectivity index (χ1v) is 8.60. The molecule has 0 aromatic carbocycles. The summed E-state index contributed by atoms with van der Waals surface area (Å²) in [5.74, 6) is 0. The lowest BCUT2D eigenvalue weighted by Crippen LogP contribution is -1.61. The van der Waals surface area contributed by atoms with E-state index in [1.165, 1.54) is 0 Å². The fourth-order valence-electron chi connectivity index (χ4n) is 0. The molecule has 0 aromatic rings. The highest BCUT2D eigenvalue weighted by Crippen LogP contribution is 2.28. The highest BCUT2D eigenvalue weighted by molar-refractivity contribution is 7.61. The Morgan fingerprint density at radius 1 is 1.00 bits per heavy atom. The van der Waals surface area contributed by atoms with Gasteiger partial charge in [-0.3, -0.25) is 0 Å². The van der Waals surface area contributed by atoms with E-state index in [0.29, 0.717) is 7.92 Å². The molecule has 0 fully saturated rings. The van der Waals surface area contributed by atoms with Crippen LogP contribution in [0.5, 0.6) is 0 Å². The summed E-state index contributed by atoms with van der Waals surface area (Å²) in [6, 6.07) is 0. The van der Waals surface area contributed by atoms with Crippen molar-refractivity contribution in [3.63, 3.8) is 0 Å². The van der Waals surface area contributed by atoms with Gasteiger partial charge in [-0.05, 0) is 40.0 Å². The second-order valence-corrected chi connectivity index (χ2v) is 9.69. The summed E-state index contributed by atoms with van der Waals surface area (Å²) in [6.07, 6.45) is 0. The molecule has 1 nitrogen and oxygen atoms in total. The molecule has 0 rings (SSSR count). The summed E-state index contributed by atoms with van der Waals surface area (Å²) in [7, 11) is -1.26. The molecular formula is C6H18OP2. The average Bonchev–Trinajstić information content (AvgIpc) is 1.19. The van der Waals surface area contributed by atoms with Crippen molar-refractivity contribution in [3.05, 3.63) is 0 Å². The summed E-state index contributed by atoms with van der Waals surface area (Å²) >= 11 is 0. The van der Waals surface area contributed by atoms with Crippen LogP contribution in [-0.2, 0) is 4.57 Å². The Labute approximate surface area is 60.4 Å². The van der Waals surface area contributed by atoms with Crippen LogP contribution in [0.25, 0.3) is 0 Å². The van der Waals surface area contributed by atoms with Crippen molar-refractivity contribution < 1.29 is 4.57 Å². The van der Waals surface area contributed by atoms with E-state index >= 15 is 0 Å². The van der Waals surface area contributed by atoms with Crippen LogP contribution in [0, 0.1) is 0 Å². The first-order valence-electron chi connectivity index (χ1n) is 2.87. The van der Waals surface area contributed by atoms with Gasteiger partial charge in [0.25, 0.3) is 0 Å². The van der Waals surface area contributed by atoms with Crippen LogP contribution >= 0.6 is 15.1 Å².